The molecule has 1 aromatic carbocycles. The minimum atomic E-state index is -0.581. The number of aromatic nitrogens is 1. The van der Waals surface area contributed by atoms with E-state index in [1.165, 1.54) is 9.71 Å². The average Bonchev–Trinajstić information content (AvgIpc) is 3.31. The Balaban J connectivity index is 1.35. The number of hydrogen-bond donors (Lipinski definition) is 2. The number of fused-ring (bicyclic) bond motifs is 1. The molecular weight excluding hydrogens is 508 g/mol. The van der Waals surface area contributed by atoms with Crippen molar-refractivity contribution in [2.24, 2.45) is 22.1 Å². The van der Waals surface area contributed by atoms with Gasteiger partial charge in [0.1, 0.15) is 5.82 Å². The van der Waals surface area contributed by atoms with E-state index in [0.717, 1.165) is 55.4 Å². The number of rotatable bonds is 4. The lowest BCUT2D eigenvalue weighted by atomic mass is 9.74. The third-order valence-electron chi connectivity index (χ3n) is 8.77. The summed E-state index contributed by atoms with van der Waals surface area (Å²) in [5.41, 5.74) is 9.16. The van der Waals surface area contributed by atoms with Crippen LogP contribution in [0.3, 0.4) is 0 Å². The summed E-state index contributed by atoms with van der Waals surface area (Å²) >= 11 is 1.80. The van der Waals surface area contributed by atoms with Crippen LogP contribution in [0.4, 0.5) is 0 Å². The Labute approximate surface area is 235 Å². The van der Waals surface area contributed by atoms with Crippen LogP contribution in [-0.2, 0) is 9.59 Å². The molecule has 9 heteroatoms. The van der Waals surface area contributed by atoms with E-state index in [1.54, 1.807) is 22.5 Å². The van der Waals surface area contributed by atoms with E-state index in [1.807, 2.05) is 6.92 Å². The van der Waals surface area contributed by atoms with E-state index in [9.17, 15) is 9.59 Å². The van der Waals surface area contributed by atoms with Gasteiger partial charge in [-0.05, 0) is 80.3 Å². The number of aliphatic imine (C=N–C) groups is 1. The molecule has 4 heterocycles. The summed E-state index contributed by atoms with van der Waals surface area (Å²) in [5.74, 6) is 0.230. The molecule has 2 saturated heterocycles. The number of nitrogens with one attached hydrogen (secondary N) is 1. The van der Waals surface area contributed by atoms with Gasteiger partial charge in [0.2, 0.25) is 0 Å². The van der Waals surface area contributed by atoms with Crippen molar-refractivity contribution in [2.45, 2.75) is 77.8 Å². The van der Waals surface area contributed by atoms with Crippen LogP contribution < -0.4 is 11.1 Å². The van der Waals surface area contributed by atoms with Crippen LogP contribution in [0, 0.1) is 11.3 Å². The monoisotopic (exact) mass is 550 g/mol. The van der Waals surface area contributed by atoms with Crippen molar-refractivity contribution in [1.29, 1.82) is 0 Å². The maximum Gasteiger partial charge on any atom is 0.312 e. The maximum absolute atomic E-state index is 13.5. The number of nitrogens with two attached hydrogens (primary N) is 1. The number of piperidine rings is 2. The second-order valence-corrected chi connectivity index (χ2v) is 13.5. The highest BCUT2D eigenvalue weighted by Crippen LogP contribution is 2.44. The van der Waals surface area contributed by atoms with Crippen LogP contribution in [0.2, 0.25) is 0 Å². The molecule has 3 N–H and O–H groups in total. The second-order valence-electron chi connectivity index (χ2n) is 12.4. The summed E-state index contributed by atoms with van der Waals surface area (Å²) in [4.78, 5) is 40.1. The van der Waals surface area contributed by atoms with Gasteiger partial charge in [-0.3, -0.25) is 9.59 Å². The van der Waals surface area contributed by atoms with Crippen molar-refractivity contribution < 1.29 is 9.59 Å². The zero-order chi connectivity index (χ0) is 27.9. The predicted octanol–water partition coefficient (Wildman–Crippen LogP) is 4.58. The van der Waals surface area contributed by atoms with Gasteiger partial charge in [0, 0.05) is 25.2 Å². The van der Waals surface area contributed by atoms with Crippen LogP contribution >= 0.6 is 11.3 Å². The van der Waals surface area contributed by atoms with Gasteiger partial charge in [0.15, 0.2) is 0 Å². The van der Waals surface area contributed by atoms with Crippen LogP contribution in [-0.4, -0.2) is 65.5 Å². The minimum Gasteiger partial charge on any atom is -0.384 e. The maximum atomic E-state index is 13.5. The molecule has 2 amide bonds. The summed E-state index contributed by atoms with van der Waals surface area (Å²) in [6.45, 7) is 11.6. The van der Waals surface area contributed by atoms with Crippen molar-refractivity contribution in [1.82, 2.24) is 20.1 Å². The van der Waals surface area contributed by atoms with Gasteiger partial charge < -0.3 is 20.9 Å². The lowest BCUT2D eigenvalue weighted by Crippen LogP contribution is -2.51. The highest BCUT2D eigenvalue weighted by atomic mass is 32.1. The van der Waals surface area contributed by atoms with E-state index in [4.69, 9.17) is 10.7 Å². The topological polar surface area (TPSA) is 104 Å². The lowest BCUT2D eigenvalue weighted by molar-refractivity contribution is -0.149. The largest absolute Gasteiger partial charge is 0.384 e. The molecule has 1 unspecified atom stereocenters. The summed E-state index contributed by atoms with van der Waals surface area (Å²) in [7, 11) is 2.19. The van der Waals surface area contributed by atoms with Crippen molar-refractivity contribution in [3.05, 3.63) is 40.2 Å². The Morgan fingerprint density at radius 1 is 1.23 bits per heavy atom. The number of carbonyl (C=O) groups is 2. The Hall–Kier alpha value is -2.78. The molecule has 2 aromatic rings. The molecule has 8 nitrogen and oxygen atoms in total. The molecule has 3 aliphatic rings. The number of benzene rings is 1. The van der Waals surface area contributed by atoms with E-state index >= 15 is 0 Å². The highest BCUT2D eigenvalue weighted by molar-refractivity contribution is 7.18. The minimum absolute atomic E-state index is 0.143. The van der Waals surface area contributed by atoms with Gasteiger partial charge in [0.25, 0.3) is 0 Å². The van der Waals surface area contributed by atoms with Crippen molar-refractivity contribution in [3.8, 4) is 0 Å². The second kappa shape index (κ2) is 11.0. The van der Waals surface area contributed by atoms with Crippen LogP contribution in [0.5, 0.6) is 0 Å². The first kappa shape index (κ1) is 27.8. The number of nitrogens with zero attached hydrogens (tertiary/aromatic N) is 4. The van der Waals surface area contributed by atoms with Gasteiger partial charge in [-0.1, -0.05) is 33.8 Å². The number of likely N-dealkylation sites (tertiary alicyclic amines) is 2. The zero-order valence-corrected chi connectivity index (χ0v) is 24.7. The van der Waals surface area contributed by atoms with E-state index in [-0.39, 0.29) is 17.5 Å². The van der Waals surface area contributed by atoms with E-state index in [0.29, 0.717) is 30.6 Å². The fourth-order valence-corrected chi connectivity index (χ4v) is 7.88. The van der Waals surface area contributed by atoms with Gasteiger partial charge in [-0.15, -0.1) is 11.3 Å². The summed E-state index contributed by atoms with van der Waals surface area (Å²) < 4.78 is 1.18. The Morgan fingerprint density at radius 2 is 2.03 bits per heavy atom. The van der Waals surface area contributed by atoms with Gasteiger partial charge in [0.05, 0.1) is 27.3 Å². The van der Waals surface area contributed by atoms with Gasteiger partial charge in [-0.2, -0.15) is 0 Å². The predicted molar refractivity (Wildman–Crippen MR) is 158 cm³/mol. The van der Waals surface area contributed by atoms with Crippen molar-refractivity contribution in [2.75, 3.05) is 26.7 Å². The van der Waals surface area contributed by atoms with Crippen molar-refractivity contribution in [3.63, 3.8) is 0 Å². The third-order valence-corrected chi connectivity index (χ3v) is 9.92. The van der Waals surface area contributed by atoms with E-state index in [2.05, 4.69) is 61.2 Å². The molecule has 210 valence electrons. The molecule has 1 aromatic heterocycles. The molecule has 3 aliphatic heterocycles. The molecule has 0 aliphatic carbocycles. The molecule has 0 radical (unpaired) electrons. The quantitative estimate of drug-likeness (QED) is 0.543. The smallest absolute Gasteiger partial charge is 0.312 e. The van der Waals surface area contributed by atoms with Crippen molar-refractivity contribution >= 4 is 39.6 Å². The van der Waals surface area contributed by atoms with Crippen LogP contribution in [0.25, 0.3) is 10.2 Å². The number of carbonyl (C=O) groups excluding carboxylic acids is 2. The lowest BCUT2D eigenvalue weighted by Gasteiger charge is -2.42. The number of thiazole rings is 1. The molecular formula is C30H42N6O2S. The Morgan fingerprint density at radius 3 is 2.77 bits per heavy atom. The van der Waals surface area contributed by atoms with Crippen LogP contribution in [0.1, 0.15) is 82.3 Å². The molecule has 39 heavy (non-hydrogen) atoms. The summed E-state index contributed by atoms with van der Waals surface area (Å²) in [5, 5.41) is 4.09. The number of amides is 2. The Kier molecular flexibility index (Phi) is 7.84. The first-order chi connectivity index (χ1) is 18.6. The fraction of sp³-hybridized carbons (Fsp3) is 0.600. The first-order valence-corrected chi connectivity index (χ1v) is 15.1. The SMILES string of the molecule is CCC1=C(N)N=CC(NC(=O)C(=O)N2C[C@@H](C)CC[C@@H]2c2ccc3sc([C@@H]4CCN(C)CC4(C)C)nc3c2)C1. The molecule has 4 atom stereocenters. The van der Waals surface area contributed by atoms with Crippen LogP contribution in [0.15, 0.2) is 34.6 Å². The van der Waals surface area contributed by atoms with E-state index < -0.39 is 11.8 Å². The molecule has 5 rings (SSSR count). The summed E-state index contributed by atoms with van der Waals surface area (Å²) in [6.07, 6.45) is 5.94. The first-order valence-electron chi connectivity index (χ1n) is 14.3. The molecule has 0 saturated carbocycles. The Bertz CT molecular complexity index is 1310. The number of hydrogen-bond acceptors (Lipinski definition) is 7. The molecule has 0 spiro atoms. The molecule has 2 fully saturated rings. The fourth-order valence-electron chi connectivity index (χ4n) is 6.58. The zero-order valence-electron chi connectivity index (χ0n) is 23.9. The standard InChI is InChI=1S/C30H42N6O2S/c1-6-19-13-21(15-32-26(19)31)33-27(37)29(38)36-16-18(2)7-9-24(36)20-8-10-25-23(14-20)34-28(39-25)22-11-12-35(5)17-30(22,3)4/h8,10,14-15,18,21-22,24H,6-7,9,11-13,16-17,31H2,1-5H3,(H,33,37)/t18-,21?,22-,24+/m0/s1. The average molecular weight is 551 g/mol. The molecule has 0 bridgehead atoms. The third kappa shape index (κ3) is 5.75. The highest BCUT2D eigenvalue weighted by Gasteiger charge is 2.38. The van der Waals surface area contributed by atoms with Gasteiger partial charge >= 0.3 is 11.8 Å². The normalized spacial score (nSPS) is 27.7. The summed E-state index contributed by atoms with van der Waals surface area (Å²) in [6, 6.07) is 5.95. The van der Waals surface area contributed by atoms with Gasteiger partial charge in [-0.25, -0.2) is 9.98 Å².